The average Bonchev–Trinajstić information content (AvgIpc) is 2.85. The number of hydrogen-bond acceptors (Lipinski definition) is 5. The summed E-state index contributed by atoms with van der Waals surface area (Å²) >= 11 is 0. The third kappa shape index (κ3) is 2.78. The molecule has 96 valence electrons. The van der Waals surface area contributed by atoms with Crippen molar-refractivity contribution in [3.05, 3.63) is 40.7 Å². The summed E-state index contributed by atoms with van der Waals surface area (Å²) in [6, 6.07) is 3.55. The number of furan rings is 1. The van der Waals surface area contributed by atoms with Gasteiger partial charge >= 0.3 is 5.97 Å². The number of nitrogens with one attached hydrogen (secondary N) is 1. The molecule has 0 amide bonds. The molecule has 0 saturated carbocycles. The molecule has 2 heterocycles. The minimum absolute atomic E-state index is 0.0118. The van der Waals surface area contributed by atoms with Crippen molar-refractivity contribution in [1.29, 1.82) is 0 Å². The number of carboxylic acids is 1. The van der Waals surface area contributed by atoms with Crippen LogP contribution in [0.3, 0.4) is 0 Å². The molecule has 2 aromatic heterocycles. The molecule has 18 heavy (non-hydrogen) atoms. The molecule has 0 atom stereocenters. The van der Waals surface area contributed by atoms with E-state index >= 15 is 0 Å². The maximum absolute atomic E-state index is 10.8. The Hall–Kier alpha value is -2.08. The van der Waals surface area contributed by atoms with Crippen LogP contribution in [0, 0.1) is 13.8 Å². The van der Waals surface area contributed by atoms with Crippen molar-refractivity contribution in [3.8, 4) is 0 Å². The summed E-state index contributed by atoms with van der Waals surface area (Å²) in [5, 5.41) is 15.7. The van der Waals surface area contributed by atoms with Gasteiger partial charge in [0.2, 0.25) is 5.76 Å². The molecular formula is C12H14N2O4. The molecule has 0 aliphatic heterocycles. The molecular weight excluding hydrogens is 236 g/mol. The van der Waals surface area contributed by atoms with Crippen LogP contribution in [0.1, 0.15) is 33.3 Å². The molecule has 0 aromatic carbocycles. The predicted octanol–water partition coefficient (Wildman–Crippen LogP) is 1.87. The second kappa shape index (κ2) is 5.05. The van der Waals surface area contributed by atoms with Crippen molar-refractivity contribution in [3.63, 3.8) is 0 Å². The van der Waals surface area contributed by atoms with E-state index in [0.717, 1.165) is 11.5 Å². The van der Waals surface area contributed by atoms with Crippen molar-refractivity contribution in [1.82, 2.24) is 10.5 Å². The van der Waals surface area contributed by atoms with E-state index in [1.54, 1.807) is 13.0 Å². The highest BCUT2D eigenvalue weighted by atomic mass is 16.5. The van der Waals surface area contributed by atoms with Crippen LogP contribution in [0.15, 0.2) is 21.1 Å². The maximum atomic E-state index is 10.8. The van der Waals surface area contributed by atoms with Crippen molar-refractivity contribution < 1.29 is 18.8 Å². The third-order valence-corrected chi connectivity index (χ3v) is 2.44. The fourth-order valence-electron chi connectivity index (χ4n) is 1.66. The highest BCUT2D eigenvalue weighted by Crippen LogP contribution is 2.14. The van der Waals surface area contributed by atoms with Crippen LogP contribution in [0.4, 0.5) is 0 Å². The van der Waals surface area contributed by atoms with Gasteiger partial charge in [-0.15, -0.1) is 0 Å². The molecule has 0 fully saturated rings. The van der Waals surface area contributed by atoms with Gasteiger partial charge in [0, 0.05) is 11.6 Å². The molecule has 6 heteroatoms. The van der Waals surface area contributed by atoms with E-state index in [2.05, 4.69) is 10.5 Å². The minimum atomic E-state index is -1.05. The maximum Gasteiger partial charge on any atom is 0.372 e. The number of aromatic nitrogens is 1. The van der Waals surface area contributed by atoms with E-state index in [1.165, 1.54) is 0 Å². The Morgan fingerprint density at radius 2 is 2.06 bits per heavy atom. The molecule has 0 aliphatic rings. The quantitative estimate of drug-likeness (QED) is 0.842. The molecule has 0 unspecified atom stereocenters. The number of aryl methyl sites for hydroxylation is 2. The smallest absolute Gasteiger partial charge is 0.372 e. The standard InChI is InChI=1S/C12H14N2O4/c1-7-3-9(17-11(7)12(15)16)5-13-6-10-4-8(2)14-18-10/h3-4,13H,5-6H2,1-2H3,(H,15,16). The highest BCUT2D eigenvalue weighted by Gasteiger charge is 2.13. The number of carboxylic acid groups (broad SMARTS) is 1. The van der Waals surface area contributed by atoms with Crippen LogP contribution < -0.4 is 5.32 Å². The molecule has 0 spiro atoms. The Labute approximate surface area is 104 Å². The van der Waals surface area contributed by atoms with Gasteiger partial charge in [0.1, 0.15) is 5.76 Å². The van der Waals surface area contributed by atoms with E-state index in [-0.39, 0.29) is 5.76 Å². The topological polar surface area (TPSA) is 88.5 Å². The van der Waals surface area contributed by atoms with Crippen molar-refractivity contribution in [2.45, 2.75) is 26.9 Å². The fourth-order valence-corrected chi connectivity index (χ4v) is 1.66. The number of nitrogens with zero attached hydrogens (tertiary/aromatic N) is 1. The first-order valence-electron chi connectivity index (χ1n) is 5.52. The third-order valence-electron chi connectivity index (χ3n) is 2.44. The summed E-state index contributed by atoms with van der Waals surface area (Å²) in [6.45, 7) is 4.51. The van der Waals surface area contributed by atoms with E-state index < -0.39 is 5.97 Å². The van der Waals surface area contributed by atoms with Gasteiger partial charge in [-0.2, -0.15) is 0 Å². The summed E-state index contributed by atoms with van der Waals surface area (Å²) in [5.74, 6) is 0.252. The van der Waals surface area contributed by atoms with Crippen LogP contribution in [0.25, 0.3) is 0 Å². The van der Waals surface area contributed by atoms with E-state index in [1.807, 2.05) is 13.0 Å². The zero-order valence-corrected chi connectivity index (χ0v) is 10.2. The largest absolute Gasteiger partial charge is 0.475 e. The lowest BCUT2D eigenvalue weighted by Gasteiger charge is -1.98. The van der Waals surface area contributed by atoms with E-state index in [9.17, 15) is 4.79 Å². The van der Waals surface area contributed by atoms with E-state index in [0.29, 0.717) is 24.4 Å². The first kappa shape index (κ1) is 12.4. The lowest BCUT2D eigenvalue weighted by Crippen LogP contribution is -2.11. The van der Waals surface area contributed by atoms with Gasteiger partial charge in [-0.25, -0.2) is 4.79 Å². The molecule has 2 rings (SSSR count). The Morgan fingerprint density at radius 1 is 1.33 bits per heavy atom. The van der Waals surface area contributed by atoms with Gasteiger partial charge in [0.25, 0.3) is 0 Å². The summed E-state index contributed by atoms with van der Waals surface area (Å²) in [6.07, 6.45) is 0. The minimum Gasteiger partial charge on any atom is -0.475 e. The number of hydrogen-bond donors (Lipinski definition) is 2. The Bertz CT molecular complexity index is 556. The summed E-state index contributed by atoms with van der Waals surface area (Å²) < 4.78 is 10.2. The van der Waals surface area contributed by atoms with Crippen LogP contribution >= 0.6 is 0 Å². The lowest BCUT2D eigenvalue weighted by atomic mass is 10.2. The van der Waals surface area contributed by atoms with Crippen LogP contribution in [-0.4, -0.2) is 16.2 Å². The molecule has 0 saturated heterocycles. The predicted molar refractivity (Wildman–Crippen MR) is 62.2 cm³/mol. The zero-order chi connectivity index (χ0) is 13.1. The fraction of sp³-hybridized carbons (Fsp3) is 0.333. The van der Waals surface area contributed by atoms with Crippen molar-refractivity contribution >= 4 is 5.97 Å². The Balaban J connectivity index is 1.90. The first-order valence-corrected chi connectivity index (χ1v) is 5.52. The number of aromatic carboxylic acids is 1. The second-order valence-corrected chi connectivity index (χ2v) is 4.07. The summed E-state index contributed by atoms with van der Waals surface area (Å²) in [4.78, 5) is 10.8. The van der Waals surface area contributed by atoms with Crippen LogP contribution in [0.2, 0.25) is 0 Å². The van der Waals surface area contributed by atoms with E-state index in [4.69, 9.17) is 14.0 Å². The Kier molecular flexibility index (Phi) is 3.47. The van der Waals surface area contributed by atoms with Gasteiger partial charge in [-0.05, 0) is 19.9 Å². The monoisotopic (exact) mass is 250 g/mol. The normalized spacial score (nSPS) is 10.8. The molecule has 2 N–H and O–H groups in total. The summed E-state index contributed by atoms with van der Waals surface area (Å²) in [7, 11) is 0. The van der Waals surface area contributed by atoms with Crippen LogP contribution in [-0.2, 0) is 13.1 Å². The van der Waals surface area contributed by atoms with Gasteiger partial charge in [0.05, 0.1) is 18.8 Å². The molecule has 6 nitrogen and oxygen atoms in total. The van der Waals surface area contributed by atoms with Gasteiger partial charge in [-0.1, -0.05) is 5.16 Å². The van der Waals surface area contributed by atoms with Crippen LogP contribution in [0.5, 0.6) is 0 Å². The average molecular weight is 250 g/mol. The highest BCUT2D eigenvalue weighted by molar-refractivity contribution is 5.86. The molecule has 0 radical (unpaired) electrons. The Morgan fingerprint density at radius 3 is 2.61 bits per heavy atom. The van der Waals surface area contributed by atoms with Gasteiger partial charge < -0.3 is 19.4 Å². The lowest BCUT2D eigenvalue weighted by molar-refractivity contribution is 0.0659. The SMILES string of the molecule is Cc1cc(CNCc2cc(C)c(C(=O)O)o2)on1. The van der Waals surface area contributed by atoms with Gasteiger partial charge in [-0.3, -0.25) is 0 Å². The van der Waals surface area contributed by atoms with Crippen molar-refractivity contribution in [2.24, 2.45) is 0 Å². The molecule has 0 aliphatic carbocycles. The summed E-state index contributed by atoms with van der Waals surface area (Å²) in [5.41, 5.74) is 1.45. The number of carbonyl (C=O) groups is 1. The molecule has 0 bridgehead atoms. The first-order chi connectivity index (χ1) is 8.56. The zero-order valence-electron chi connectivity index (χ0n) is 10.2. The van der Waals surface area contributed by atoms with Gasteiger partial charge in [0.15, 0.2) is 5.76 Å². The second-order valence-electron chi connectivity index (χ2n) is 4.07. The van der Waals surface area contributed by atoms with Crippen molar-refractivity contribution in [2.75, 3.05) is 0 Å². The molecule has 2 aromatic rings. The number of rotatable bonds is 5.